The molecule has 0 atom stereocenters. The van der Waals surface area contributed by atoms with Gasteiger partial charge in [0, 0.05) is 5.56 Å². The largest absolute Gasteiger partial charge is 0.497 e. The fourth-order valence-electron chi connectivity index (χ4n) is 1.98. The SMILES string of the molecule is COc1cccc(-c2nc(C=Nc3cccc(F)c3)c(O)o2)c1. The molecule has 0 aliphatic carbocycles. The molecule has 3 rings (SSSR count). The van der Waals surface area contributed by atoms with Crippen LogP contribution in [0.3, 0.4) is 0 Å². The van der Waals surface area contributed by atoms with E-state index in [-0.39, 0.29) is 23.3 Å². The van der Waals surface area contributed by atoms with Crippen LogP contribution in [0.15, 0.2) is 57.9 Å². The van der Waals surface area contributed by atoms with Gasteiger partial charge in [0.05, 0.1) is 19.0 Å². The molecule has 23 heavy (non-hydrogen) atoms. The van der Waals surface area contributed by atoms with E-state index in [1.54, 1.807) is 43.5 Å². The Bertz CT molecular complexity index is 859. The number of hydrogen-bond donors (Lipinski definition) is 1. The number of aromatic hydroxyl groups is 1. The summed E-state index contributed by atoms with van der Waals surface area (Å²) in [5.74, 6) is 0.140. The number of ether oxygens (including phenoxy) is 1. The van der Waals surface area contributed by atoms with Crippen molar-refractivity contribution in [3.8, 4) is 23.1 Å². The molecule has 0 bridgehead atoms. The van der Waals surface area contributed by atoms with Crippen LogP contribution < -0.4 is 4.74 Å². The van der Waals surface area contributed by atoms with Gasteiger partial charge in [-0.05, 0) is 36.4 Å². The highest BCUT2D eigenvalue weighted by Crippen LogP contribution is 2.28. The van der Waals surface area contributed by atoms with E-state index in [2.05, 4.69) is 9.98 Å². The molecule has 6 heteroatoms. The highest BCUT2D eigenvalue weighted by Gasteiger charge is 2.12. The first-order valence-electron chi connectivity index (χ1n) is 6.79. The van der Waals surface area contributed by atoms with Gasteiger partial charge in [0.25, 0.3) is 0 Å². The van der Waals surface area contributed by atoms with Crippen LogP contribution in [0.1, 0.15) is 5.69 Å². The number of aliphatic imine (C=N–C) groups is 1. The molecule has 0 amide bonds. The van der Waals surface area contributed by atoms with E-state index >= 15 is 0 Å². The normalized spacial score (nSPS) is 11.0. The van der Waals surface area contributed by atoms with Gasteiger partial charge in [-0.1, -0.05) is 12.1 Å². The number of rotatable bonds is 4. The molecular weight excluding hydrogens is 299 g/mol. The molecule has 0 spiro atoms. The molecule has 0 radical (unpaired) electrons. The van der Waals surface area contributed by atoms with Crippen molar-refractivity contribution in [2.45, 2.75) is 0 Å². The molecule has 5 nitrogen and oxygen atoms in total. The minimum atomic E-state index is -0.388. The number of hydrogen-bond acceptors (Lipinski definition) is 5. The van der Waals surface area contributed by atoms with Crippen LogP contribution in [-0.4, -0.2) is 23.4 Å². The average molecular weight is 312 g/mol. The van der Waals surface area contributed by atoms with Gasteiger partial charge in [-0.3, -0.25) is 4.99 Å². The monoisotopic (exact) mass is 312 g/mol. The number of nitrogens with zero attached hydrogens (tertiary/aromatic N) is 2. The van der Waals surface area contributed by atoms with Crippen molar-refractivity contribution in [2.75, 3.05) is 7.11 Å². The fraction of sp³-hybridized carbons (Fsp3) is 0.0588. The predicted octanol–water partition coefficient (Wildman–Crippen LogP) is 3.95. The van der Waals surface area contributed by atoms with Gasteiger partial charge in [-0.25, -0.2) is 9.37 Å². The van der Waals surface area contributed by atoms with E-state index < -0.39 is 0 Å². The summed E-state index contributed by atoms with van der Waals surface area (Å²) in [4.78, 5) is 8.24. The van der Waals surface area contributed by atoms with Crippen molar-refractivity contribution >= 4 is 11.9 Å². The van der Waals surface area contributed by atoms with Crippen LogP contribution in [0.2, 0.25) is 0 Å². The Morgan fingerprint density at radius 1 is 1.22 bits per heavy atom. The lowest BCUT2D eigenvalue weighted by Gasteiger charge is -2.00. The van der Waals surface area contributed by atoms with Crippen LogP contribution in [0.25, 0.3) is 11.5 Å². The molecular formula is C17H13FN2O3. The molecule has 0 saturated carbocycles. The lowest BCUT2D eigenvalue weighted by Crippen LogP contribution is -1.85. The Morgan fingerprint density at radius 2 is 2.04 bits per heavy atom. The minimum Gasteiger partial charge on any atom is -0.497 e. The molecule has 2 aromatic carbocycles. The van der Waals surface area contributed by atoms with Crippen LogP contribution in [0.4, 0.5) is 10.1 Å². The average Bonchev–Trinajstić information content (AvgIpc) is 2.94. The van der Waals surface area contributed by atoms with E-state index in [0.29, 0.717) is 17.0 Å². The van der Waals surface area contributed by atoms with Crippen LogP contribution in [-0.2, 0) is 0 Å². The summed E-state index contributed by atoms with van der Waals surface area (Å²) in [5.41, 5.74) is 1.23. The van der Waals surface area contributed by atoms with E-state index in [1.807, 2.05) is 0 Å². The molecule has 1 aromatic heterocycles. The maximum Gasteiger partial charge on any atom is 0.312 e. The van der Waals surface area contributed by atoms with Crippen molar-refractivity contribution in [2.24, 2.45) is 4.99 Å². The summed E-state index contributed by atoms with van der Waals surface area (Å²) in [6.45, 7) is 0. The maximum absolute atomic E-state index is 13.1. The van der Waals surface area contributed by atoms with Gasteiger partial charge in [0.2, 0.25) is 5.89 Å². The predicted molar refractivity (Wildman–Crippen MR) is 83.8 cm³/mol. The molecule has 1 heterocycles. The maximum atomic E-state index is 13.1. The minimum absolute atomic E-state index is 0.159. The third kappa shape index (κ3) is 3.37. The zero-order valence-corrected chi connectivity index (χ0v) is 12.2. The van der Waals surface area contributed by atoms with Crippen molar-refractivity contribution in [3.05, 3.63) is 60.0 Å². The number of methoxy groups -OCH3 is 1. The number of oxazole rings is 1. The molecule has 0 aliphatic heterocycles. The first kappa shape index (κ1) is 14.8. The third-order valence-corrected chi connectivity index (χ3v) is 3.10. The fourth-order valence-corrected chi connectivity index (χ4v) is 1.98. The lowest BCUT2D eigenvalue weighted by atomic mass is 10.2. The van der Waals surface area contributed by atoms with Gasteiger partial charge < -0.3 is 14.3 Å². The van der Waals surface area contributed by atoms with E-state index in [9.17, 15) is 9.50 Å². The Balaban J connectivity index is 1.89. The number of aromatic nitrogens is 1. The van der Waals surface area contributed by atoms with E-state index in [4.69, 9.17) is 9.15 Å². The summed E-state index contributed by atoms with van der Waals surface area (Å²) >= 11 is 0. The van der Waals surface area contributed by atoms with Gasteiger partial charge >= 0.3 is 5.95 Å². The summed E-state index contributed by atoms with van der Waals surface area (Å²) < 4.78 is 23.5. The Hall–Kier alpha value is -3.15. The molecule has 0 unspecified atom stereocenters. The van der Waals surface area contributed by atoms with Crippen LogP contribution in [0, 0.1) is 5.82 Å². The lowest BCUT2D eigenvalue weighted by molar-refractivity contribution is 0.336. The highest BCUT2D eigenvalue weighted by molar-refractivity contribution is 5.82. The Morgan fingerprint density at radius 3 is 2.83 bits per heavy atom. The van der Waals surface area contributed by atoms with Gasteiger partial charge in [-0.2, -0.15) is 0 Å². The first-order valence-corrected chi connectivity index (χ1v) is 6.79. The number of benzene rings is 2. The van der Waals surface area contributed by atoms with Gasteiger partial charge in [0.15, 0.2) is 5.69 Å². The van der Waals surface area contributed by atoms with Gasteiger partial charge in [-0.15, -0.1) is 0 Å². The second-order valence-corrected chi connectivity index (χ2v) is 4.68. The number of halogens is 1. The highest BCUT2D eigenvalue weighted by atomic mass is 19.1. The van der Waals surface area contributed by atoms with Crippen molar-refractivity contribution in [3.63, 3.8) is 0 Å². The van der Waals surface area contributed by atoms with Gasteiger partial charge in [0.1, 0.15) is 11.6 Å². The van der Waals surface area contributed by atoms with Crippen LogP contribution >= 0.6 is 0 Å². The molecule has 1 N–H and O–H groups in total. The first-order chi connectivity index (χ1) is 11.2. The molecule has 0 saturated heterocycles. The Labute approximate surface area is 131 Å². The molecule has 0 fully saturated rings. The van der Waals surface area contributed by atoms with Crippen molar-refractivity contribution in [1.82, 2.24) is 4.98 Å². The zero-order chi connectivity index (χ0) is 16.2. The third-order valence-electron chi connectivity index (χ3n) is 3.10. The summed E-state index contributed by atoms with van der Waals surface area (Å²) in [5, 5.41) is 9.83. The Kier molecular flexibility index (Phi) is 4.05. The standard InChI is InChI=1S/C17H13FN2O3/c1-22-14-7-2-4-11(8-14)16-20-15(17(21)23-16)10-19-13-6-3-5-12(18)9-13/h2-10,21H,1H3. The molecule has 0 aliphatic rings. The van der Waals surface area contributed by atoms with Crippen LogP contribution in [0.5, 0.6) is 11.7 Å². The summed E-state index contributed by atoms with van der Waals surface area (Å²) in [6, 6.07) is 12.9. The topological polar surface area (TPSA) is 67.9 Å². The molecule has 116 valence electrons. The van der Waals surface area contributed by atoms with Crippen molar-refractivity contribution in [1.29, 1.82) is 0 Å². The van der Waals surface area contributed by atoms with Crippen molar-refractivity contribution < 1.29 is 18.7 Å². The van der Waals surface area contributed by atoms with E-state index in [0.717, 1.165) is 0 Å². The second kappa shape index (κ2) is 6.31. The summed E-state index contributed by atoms with van der Waals surface area (Å²) in [6.07, 6.45) is 1.32. The zero-order valence-electron chi connectivity index (χ0n) is 12.2. The second-order valence-electron chi connectivity index (χ2n) is 4.68. The van der Waals surface area contributed by atoms with E-state index in [1.165, 1.54) is 18.3 Å². The summed E-state index contributed by atoms with van der Waals surface area (Å²) in [7, 11) is 1.56. The smallest absolute Gasteiger partial charge is 0.312 e. The molecule has 3 aromatic rings. The quantitative estimate of drug-likeness (QED) is 0.741.